The van der Waals surface area contributed by atoms with E-state index < -0.39 is 0 Å². The van der Waals surface area contributed by atoms with Gasteiger partial charge in [0.25, 0.3) is 0 Å². The van der Waals surface area contributed by atoms with Crippen molar-refractivity contribution < 1.29 is 4.79 Å². The third-order valence-corrected chi connectivity index (χ3v) is 2.96. The van der Waals surface area contributed by atoms with Crippen LogP contribution in [0.1, 0.15) is 39.5 Å². The molecule has 0 aromatic rings. The van der Waals surface area contributed by atoms with Crippen molar-refractivity contribution in [3.05, 3.63) is 0 Å². The summed E-state index contributed by atoms with van der Waals surface area (Å²) in [5, 5.41) is 6.34. The third-order valence-electron chi connectivity index (χ3n) is 2.96. The van der Waals surface area contributed by atoms with Crippen molar-refractivity contribution in [1.82, 2.24) is 15.5 Å². The average molecular weight is 227 g/mol. The number of hydrogen-bond donors (Lipinski definition) is 2. The number of nitrogens with zero attached hydrogens (tertiary/aromatic N) is 1. The lowest BCUT2D eigenvalue weighted by Gasteiger charge is -2.34. The van der Waals surface area contributed by atoms with E-state index in [1.54, 1.807) is 0 Å². The number of rotatable bonds is 5. The Morgan fingerprint density at radius 2 is 2.25 bits per heavy atom. The zero-order valence-corrected chi connectivity index (χ0v) is 10.6. The normalized spacial score (nSPS) is 20.5. The molecule has 1 saturated heterocycles. The molecule has 0 saturated carbocycles. The summed E-state index contributed by atoms with van der Waals surface area (Å²) in [6, 6.07) is 0.489. The standard InChI is InChI=1S/C12H25N3O/c1-3-7-14-12(16)15(9-4-2)11-6-5-8-13-10-11/h11,13H,3-10H2,1-2H3,(H,14,16). The fourth-order valence-electron chi connectivity index (χ4n) is 2.12. The molecule has 0 radical (unpaired) electrons. The highest BCUT2D eigenvalue weighted by Crippen LogP contribution is 2.11. The van der Waals surface area contributed by atoms with Crippen molar-refractivity contribution in [2.24, 2.45) is 0 Å². The van der Waals surface area contributed by atoms with Crippen molar-refractivity contribution in [1.29, 1.82) is 0 Å². The first-order valence-corrected chi connectivity index (χ1v) is 6.54. The smallest absolute Gasteiger partial charge is 0.317 e. The molecule has 0 aromatic carbocycles. The molecule has 0 bridgehead atoms. The minimum Gasteiger partial charge on any atom is -0.338 e. The van der Waals surface area contributed by atoms with Crippen LogP contribution >= 0.6 is 0 Å². The molecule has 1 atom stereocenters. The van der Waals surface area contributed by atoms with Gasteiger partial charge in [0.05, 0.1) is 0 Å². The Morgan fingerprint density at radius 3 is 2.81 bits per heavy atom. The van der Waals surface area contributed by atoms with Crippen molar-refractivity contribution in [2.75, 3.05) is 26.2 Å². The van der Waals surface area contributed by atoms with Crippen LogP contribution in [0, 0.1) is 0 Å². The Bertz CT molecular complexity index is 202. The second-order valence-electron chi connectivity index (χ2n) is 4.43. The van der Waals surface area contributed by atoms with E-state index in [0.717, 1.165) is 45.4 Å². The van der Waals surface area contributed by atoms with E-state index in [2.05, 4.69) is 24.5 Å². The second-order valence-corrected chi connectivity index (χ2v) is 4.43. The van der Waals surface area contributed by atoms with Crippen LogP contribution < -0.4 is 10.6 Å². The molecule has 1 aliphatic rings. The summed E-state index contributed by atoms with van der Waals surface area (Å²) in [6.45, 7) is 7.87. The van der Waals surface area contributed by atoms with E-state index in [1.165, 1.54) is 6.42 Å². The van der Waals surface area contributed by atoms with Gasteiger partial charge in [-0.15, -0.1) is 0 Å². The summed E-state index contributed by atoms with van der Waals surface area (Å²) >= 11 is 0. The highest BCUT2D eigenvalue weighted by molar-refractivity contribution is 5.74. The quantitative estimate of drug-likeness (QED) is 0.749. The maximum atomic E-state index is 12.0. The molecule has 94 valence electrons. The Labute approximate surface area is 98.8 Å². The predicted octanol–water partition coefficient (Wildman–Crippen LogP) is 1.57. The molecule has 0 aromatic heterocycles. The number of carbonyl (C=O) groups is 1. The molecule has 4 heteroatoms. The number of nitrogens with one attached hydrogen (secondary N) is 2. The topological polar surface area (TPSA) is 44.4 Å². The van der Waals surface area contributed by atoms with Crippen LogP contribution in [0.15, 0.2) is 0 Å². The van der Waals surface area contributed by atoms with Gasteiger partial charge >= 0.3 is 6.03 Å². The van der Waals surface area contributed by atoms with Crippen LogP contribution in [-0.4, -0.2) is 43.2 Å². The largest absolute Gasteiger partial charge is 0.338 e. The van der Waals surface area contributed by atoms with Gasteiger partial charge in [0.15, 0.2) is 0 Å². The molecule has 0 aliphatic carbocycles. The van der Waals surface area contributed by atoms with Crippen LogP contribution in [0.5, 0.6) is 0 Å². The number of carbonyl (C=O) groups excluding carboxylic acids is 1. The number of urea groups is 1. The van der Waals surface area contributed by atoms with Crippen molar-refractivity contribution >= 4 is 6.03 Å². The fourth-order valence-corrected chi connectivity index (χ4v) is 2.12. The molecule has 16 heavy (non-hydrogen) atoms. The van der Waals surface area contributed by atoms with Gasteiger partial charge in [-0.2, -0.15) is 0 Å². The van der Waals surface area contributed by atoms with Gasteiger partial charge in [-0.05, 0) is 32.2 Å². The maximum absolute atomic E-state index is 12.0. The molecule has 2 amide bonds. The Hall–Kier alpha value is -0.770. The summed E-state index contributed by atoms with van der Waals surface area (Å²) in [5.74, 6) is 0. The Kier molecular flexibility index (Phi) is 6.23. The number of amides is 2. The molecular weight excluding hydrogens is 202 g/mol. The molecule has 1 aliphatic heterocycles. The van der Waals surface area contributed by atoms with Gasteiger partial charge in [-0.3, -0.25) is 0 Å². The van der Waals surface area contributed by atoms with E-state index in [-0.39, 0.29) is 6.03 Å². The summed E-state index contributed by atoms with van der Waals surface area (Å²) in [5.41, 5.74) is 0. The monoisotopic (exact) mass is 227 g/mol. The molecular formula is C12H25N3O. The Morgan fingerprint density at radius 1 is 1.44 bits per heavy atom. The highest BCUT2D eigenvalue weighted by atomic mass is 16.2. The molecule has 1 unspecified atom stereocenters. The van der Waals surface area contributed by atoms with Gasteiger partial charge in [-0.1, -0.05) is 13.8 Å². The van der Waals surface area contributed by atoms with E-state index in [1.807, 2.05) is 4.90 Å². The first kappa shape index (κ1) is 13.3. The zero-order chi connectivity index (χ0) is 11.8. The van der Waals surface area contributed by atoms with E-state index >= 15 is 0 Å². The van der Waals surface area contributed by atoms with Crippen LogP contribution in [0.2, 0.25) is 0 Å². The van der Waals surface area contributed by atoms with Crippen molar-refractivity contribution in [3.8, 4) is 0 Å². The lowest BCUT2D eigenvalue weighted by atomic mass is 10.1. The van der Waals surface area contributed by atoms with Crippen LogP contribution in [-0.2, 0) is 0 Å². The summed E-state index contributed by atoms with van der Waals surface area (Å²) in [6.07, 6.45) is 4.32. The summed E-state index contributed by atoms with van der Waals surface area (Å²) in [4.78, 5) is 14.0. The van der Waals surface area contributed by atoms with Gasteiger partial charge in [0.1, 0.15) is 0 Å². The Balaban J connectivity index is 2.47. The SMILES string of the molecule is CCCNC(=O)N(CCC)C1CCCNC1. The average Bonchev–Trinajstić information content (AvgIpc) is 2.34. The predicted molar refractivity (Wildman–Crippen MR) is 66.6 cm³/mol. The van der Waals surface area contributed by atoms with Gasteiger partial charge in [0.2, 0.25) is 0 Å². The molecule has 4 nitrogen and oxygen atoms in total. The molecule has 1 fully saturated rings. The minimum atomic E-state index is 0.109. The lowest BCUT2D eigenvalue weighted by molar-refractivity contribution is 0.161. The van der Waals surface area contributed by atoms with E-state index in [0.29, 0.717) is 6.04 Å². The summed E-state index contributed by atoms with van der Waals surface area (Å²) in [7, 11) is 0. The maximum Gasteiger partial charge on any atom is 0.317 e. The minimum absolute atomic E-state index is 0.109. The number of hydrogen-bond acceptors (Lipinski definition) is 2. The van der Waals surface area contributed by atoms with E-state index in [4.69, 9.17) is 0 Å². The summed E-state index contributed by atoms with van der Waals surface area (Å²) < 4.78 is 0. The second kappa shape index (κ2) is 7.49. The molecule has 1 rings (SSSR count). The fraction of sp³-hybridized carbons (Fsp3) is 0.917. The van der Waals surface area contributed by atoms with Gasteiger partial charge in [0, 0.05) is 25.7 Å². The number of piperidine rings is 1. The van der Waals surface area contributed by atoms with Crippen molar-refractivity contribution in [2.45, 2.75) is 45.6 Å². The van der Waals surface area contributed by atoms with Gasteiger partial charge in [-0.25, -0.2) is 4.79 Å². The first-order valence-electron chi connectivity index (χ1n) is 6.54. The first-order chi connectivity index (χ1) is 7.79. The van der Waals surface area contributed by atoms with Crippen LogP contribution in [0.25, 0.3) is 0 Å². The molecule has 1 heterocycles. The van der Waals surface area contributed by atoms with Crippen LogP contribution in [0.4, 0.5) is 4.79 Å². The third kappa shape index (κ3) is 4.00. The van der Waals surface area contributed by atoms with Crippen LogP contribution in [0.3, 0.4) is 0 Å². The highest BCUT2D eigenvalue weighted by Gasteiger charge is 2.23. The zero-order valence-electron chi connectivity index (χ0n) is 10.6. The van der Waals surface area contributed by atoms with E-state index in [9.17, 15) is 4.79 Å². The molecule has 0 spiro atoms. The molecule has 2 N–H and O–H groups in total. The van der Waals surface area contributed by atoms with Crippen molar-refractivity contribution in [3.63, 3.8) is 0 Å². The van der Waals surface area contributed by atoms with Gasteiger partial charge < -0.3 is 15.5 Å². The lowest BCUT2D eigenvalue weighted by Crippen LogP contribution is -2.52.